The Bertz CT molecular complexity index is 789. The van der Waals surface area contributed by atoms with E-state index in [4.69, 9.17) is 4.74 Å². The predicted octanol–water partition coefficient (Wildman–Crippen LogP) is 2.91. The molecule has 2 heterocycles. The molecule has 2 fully saturated rings. The van der Waals surface area contributed by atoms with Crippen molar-refractivity contribution in [2.45, 2.75) is 25.3 Å². The van der Waals surface area contributed by atoms with Crippen LogP contribution in [-0.2, 0) is 12.8 Å². The lowest BCUT2D eigenvalue weighted by atomic mass is 9.98. The summed E-state index contributed by atoms with van der Waals surface area (Å²) in [5.74, 6) is 1.70. The molecule has 0 saturated carbocycles. The van der Waals surface area contributed by atoms with Gasteiger partial charge < -0.3 is 15.0 Å². The number of methoxy groups -OCH3 is 1. The van der Waals surface area contributed by atoms with Crippen LogP contribution in [0.25, 0.3) is 0 Å². The summed E-state index contributed by atoms with van der Waals surface area (Å²) >= 11 is 0. The Labute approximate surface area is 155 Å². The second kappa shape index (κ2) is 7.50. The number of ether oxygens (including phenoxy) is 1. The van der Waals surface area contributed by atoms with Gasteiger partial charge in [0, 0.05) is 31.2 Å². The van der Waals surface area contributed by atoms with Crippen LogP contribution in [-0.4, -0.2) is 43.6 Å². The molecule has 0 spiro atoms. The topological polar surface area (TPSA) is 41.6 Å². The van der Waals surface area contributed by atoms with E-state index in [1.165, 1.54) is 5.56 Å². The molecular formula is C22H26N2O2. The maximum absolute atomic E-state index is 13.2. The number of nitrogens with one attached hydrogen (secondary N) is 1. The van der Waals surface area contributed by atoms with Crippen molar-refractivity contribution in [1.29, 1.82) is 0 Å². The summed E-state index contributed by atoms with van der Waals surface area (Å²) in [4.78, 5) is 15.3. The van der Waals surface area contributed by atoms with E-state index >= 15 is 0 Å². The first-order valence-electron chi connectivity index (χ1n) is 9.49. The van der Waals surface area contributed by atoms with Crippen molar-refractivity contribution in [3.05, 3.63) is 65.2 Å². The Morgan fingerprint density at radius 3 is 2.92 bits per heavy atom. The van der Waals surface area contributed by atoms with Crippen molar-refractivity contribution in [2.24, 2.45) is 5.92 Å². The molecule has 2 aliphatic rings. The molecule has 0 radical (unpaired) electrons. The largest absolute Gasteiger partial charge is 0.497 e. The summed E-state index contributed by atoms with van der Waals surface area (Å²) < 4.78 is 5.31. The number of carbonyl (C=O) groups excluding carboxylic acids is 1. The van der Waals surface area contributed by atoms with Gasteiger partial charge in [-0.2, -0.15) is 0 Å². The first-order chi connectivity index (χ1) is 12.8. The van der Waals surface area contributed by atoms with Crippen molar-refractivity contribution in [3.8, 4) is 5.75 Å². The molecule has 2 unspecified atom stereocenters. The van der Waals surface area contributed by atoms with Gasteiger partial charge >= 0.3 is 0 Å². The number of aryl methyl sites for hydroxylation is 2. The molecule has 26 heavy (non-hydrogen) atoms. The van der Waals surface area contributed by atoms with Crippen LogP contribution in [0.4, 0.5) is 0 Å². The van der Waals surface area contributed by atoms with Gasteiger partial charge in [0.1, 0.15) is 5.75 Å². The Balaban J connectivity index is 1.50. The zero-order valence-corrected chi connectivity index (χ0v) is 15.3. The molecule has 2 saturated heterocycles. The highest BCUT2D eigenvalue weighted by molar-refractivity contribution is 5.96. The summed E-state index contributed by atoms with van der Waals surface area (Å²) in [5.41, 5.74) is 3.23. The number of benzene rings is 2. The van der Waals surface area contributed by atoms with Gasteiger partial charge in [-0.25, -0.2) is 0 Å². The van der Waals surface area contributed by atoms with Crippen LogP contribution in [0.15, 0.2) is 48.5 Å². The number of fused-ring (bicyclic) bond motifs is 1. The van der Waals surface area contributed by atoms with Crippen LogP contribution in [0.2, 0.25) is 0 Å². The molecule has 2 aromatic carbocycles. The Morgan fingerprint density at radius 2 is 2.04 bits per heavy atom. The van der Waals surface area contributed by atoms with E-state index < -0.39 is 0 Å². The van der Waals surface area contributed by atoms with Crippen molar-refractivity contribution in [3.63, 3.8) is 0 Å². The molecule has 2 aromatic rings. The van der Waals surface area contributed by atoms with E-state index in [9.17, 15) is 4.79 Å². The fraction of sp³-hybridized carbons (Fsp3) is 0.409. The Hall–Kier alpha value is -2.33. The molecule has 0 aliphatic carbocycles. The van der Waals surface area contributed by atoms with Gasteiger partial charge in [-0.15, -0.1) is 0 Å². The molecule has 1 N–H and O–H groups in total. The molecule has 4 nitrogen and oxygen atoms in total. The molecule has 4 heteroatoms. The van der Waals surface area contributed by atoms with Crippen molar-refractivity contribution >= 4 is 5.91 Å². The minimum absolute atomic E-state index is 0.197. The Morgan fingerprint density at radius 1 is 1.15 bits per heavy atom. The van der Waals surface area contributed by atoms with E-state index in [1.54, 1.807) is 7.11 Å². The normalized spacial score (nSPS) is 21.7. The monoisotopic (exact) mass is 350 g/mol. The smallest absolute Gasteiger partial charge is 0.254 e. The number of nitrogens with zero attached hydrogens (tertiary/aromatic N) is 1. The number of amides is 1. The average molecular weight is 350 g/mol. The third-order valence-corrected chi connectivity index (χ3v) is 5.77. The third kappa shape index (κ3) is 3.34. The Kier molecular flexibility index (Phi) is 4.93. The van der Waals surface area contributed by atoms with Gasteiger partial charge in [0.05, 0.1) is 7.11 Å². The number of carbonyl (C=O) groups is 1. The van der Waals surface area contributed by atoms with Crippen LogP contribution >= 0.6 is 0 Å². The minimum Gasteiger partial charge on any atom is -0.497 e. The minimum atomic E-state index is 0.197. The zero-order valence-electron chi connectivity index (χ0n) is 15.3. The molecule has 0 aromatic heterocycles. The molecule has 136 valence electrons. The first kappa shape index (κ1) is 17.1. The SMILES string of the molecule is COc1cccc(CCc2ccccc2C(=O)N2CCC3CNCC32)c1. The van der Waals surface area contributed by atoms with E-state index in [2.05, 4.69) is 28.4 Å². The van der Waals surface area contributed by atoms with E-state index in [0.717, 1.165) is 55.8 Å². The van der Waals surface area contributed by atoms with Crippen LogP contribution in [0.5, 0.6) is 5.75 Å². The lowest BCUT2D eigenvalue weighted by Crippen LogP contribution is -2.39. The molecule has 4 rings (SSSR count). The fourth-order valence-electron chi connectivity index (χ4n) is 4.31. The van der Waals surface area contributed by atoms with Crippen molar-refractivity contribution < 1.29 is 9.53 Å². The zero-order chi connectivity index (χ0) is 17.9. The quantitative estimate of drug-likeness (QED) is 0.901. The van der Waals surface area contributed by atoms with Crippen LogP contribution in [0.1, 0.15) is 27.9 Å². The average Bonchev–Trinajstić information content (AvgIpc) is 3.30. The summed E-state index contributed by atoms with van der Waals surface area (Å²) in [7, 11) is 1.69. The van der Waals surface area contributed by atoms with E-state index in [-0.39, 0.29) is 5.91 Å². The highest BCUT2D eigenvalue weighted by Gasteiger charge is 2.40. The van der Waals surface area contributed by atoms with E-state index in [1.807, 2.05) is 30.3 Å². The van der Waals surface area contributed by atoms with Gasteiger partial charge in [0.15, 0.2) is 0 Å². The lowest BCUT2D eigenvalue weighted by molar-refractivity contribution is 0.0736. The number of hydrogen-bond donors (Lipinski definition) is 1. The van der Waals surface area contributed by atoms with Gasteiger partial charge in [-0.05, 0) is 54.5 Å². The predicted molar refractivity (Wildman–Crippen MR) is 103 cm³/mol. The first-order valence-corrected chi connectivity index (χ1v) is 9.49. The standard InChI is InChI=1S/C22H26N2O2/c1-26-19-7-4-5-16(13-19)9-10-17-6-2-3-8-20(17)22(25)24-12-11-18-14-23-15-21(18)24/h2-8,13,18,21,23H,9-12,14-15H2,1H3. The van der Waals surface area contributed by atoms with Gasteiger partial charge in [0.2, 0.25) is 0 Å². The number of rotatable bonds is 5. The fourth-order valence-corrected chi connectivity index (χ4v) is 4.31. The number of hydrogen-bond acceptors (Lipinski definition) is 3. The summed E-state index contributed by atoms with van der Waals surface area (Å²) in [6.45, 7) is 2.87. The molecule has 2 atom stereocenters. The van der Waals surface area contributed by atoms with Gasteiger partial charge in [-0.1, -0.05) is 30.3 Å². The second-order valence-corrected chi connectivity index (χ2v) is 7.28. The summed E-state index contributed by atoms with van der Waals surface area (Å²) in [5, 5.41) is 3.43. The van der Waals surface area contributed by atoms with Crippen LogP contribution in [0, 0.1) is 5.92 Å². The maximum atomic E-state index is 13.2. The van der Waals surface area contributed by atoms with Crippen molar-refractivity contribution in [2.75, 3.05) is 26.7 Å². The lowest BCUT2D eigenvalue weighted by Gasteiger charge is -2.24. The second-order valence-electron chi connectivity index (χ2n) is 7.28. The molecule has 2 aliphatic heterocycles. The van der Waals surface area contributed by atoms with Crippen LogP contribution < -0.4 is 10.1 Å². The summed E-state index contributed by atoms with van der Waals surface area (Å²) in [6, 6.07) is 16.6. The highest BCUT2D eigenvalue weighted by atomic mass is 16.5. The van der Waals surface area contributed by atoms with Gasteiger partial charge in [-0.3, -0.25) is 4.79 Å². The molecular weight excluding hydrogens is 324 g/mol. The molecule has 0 bridgehead atoms. The van der Waals surface area contributed by atoms with E-state index in [0.29, 0.717) is 12.0 Å². The van der Waals surface area contributed by atoms with Gasteiger partial charge in [0.25, 0.3) is 5.91 Å². The van der Waals surface area contributed by atoms with Crippen molar-refractivity contribution in [1.82, 2.24) is 10.2 Å². The number of likely N-dealkylation sites (tertiary alicyclic amines) is 1. The summed E-state index contributed by atoms with van der Waals surface area (Å²) in [6.07, 6.45) is 2.87. The maximum Gasteiger partial charge on any atom is 0.254 e. The highest BCUT2D eigenvalue weighted by Crippen LogP contribution is 2.29. The van der Waals surface area contributed by atoms with Crippen LogP contribution in [0.3, 0.4) is 0 Å². The molecule has 1 amide bonds. The third-order valence-electron chi connectivity index (χ3n) is 5.77.